The van der Waals surface area contributed by atoms with E-state index in [2.05, 4.69) is 228 Å². The zero-order chi connectivity index (χ0) is 35.8. The lowest BCUT2D eigenvalue weighted by molar-refractivity contribution is 1.30. The third kappa shape index (κ3) is 5.53. The van der Waals surface area contributed by atoms with Crippen LogP contribution in [-0.2, 0) is 0 Å². The summed E-state index contributed by atoms with van der Waals surface area (Å²) in [6.07, 6.45) is 0. The summed E-state index contributed by atoms with van der Waals surface area (Å²) >= 11 is 0. The first-order valence-electron chi connectivity index (χ1n) is 18.5. The van der Waals surface area contributed by atoms with Crippen LogP contribution in [0.15, 0.2) is 218 Å². The third-order valence-electron chi connectivity index (χ3n) is 10.5. The van der Waals surface area contributed by atoms with Crippen LogP contribution in [-0.4, -0.2) is 0 Å². The molecule has 0 saturated carbocycles. The summed E-state index contributed by atoms with van der Waals surface area (Å²) in [6.45, 7) is 0. The number of para-hydroxylation sites is 2. The molecular formula is C52H36N2. The fourth-order valence-electron chi connectivity index (χ4n) is 8.06. The molecule has 10 aromatic carbocycles. The van der Waals surface area contributed by atoms with Gasteiger partial charge in [0.1, 0.15) is 0 Å². The van der Waals surface area contributed by atoms with Crippen molar-refractivity contribution >= 4 is 77.2 Å². The second-order valence-electron chi connectivity index (χ2n) is 13.8. The van der Waals surface area contributed by atoms with Crippen molar-refractivity contribution < 1.29 is 0 Å². The van der Waals surface area contributed by atoms with E-state index in [1.807, 2.05) is 0 Å². The largest absolute Gasteiger partial charge is 0.309 e. The number of benzene rings is 10. The molecule has 0 unspecified atom stereocenters. The van der Waals surface area contributed by atoms with Gasteiger partial charge in [-0.1, -0.05) is 158 Å². The molecule has 0 N–H and O–H groups in total. The highest BCUT2D eigenvalue weighted by molar-refractivity contribution is 6.15. The second kappa shape index (κ2) is 13.4. The minimum Gasteiger partial charge on any atom is -0.309 e. The first kappa shape index (κ1) is 31.6. The topological polar surface area (TPSA) is 6.48 Å². The van der Waals surface area contributed by atoms with Crippen molar-refractivity contribution in [3.63, 3.8) is 0 Å². The van der Waals surface area contributed by atoms with Gasteiger partial charge in [-0.2, -0.15) is 0 Å². The summed E-state index contributed by atoms with van der Waals surface area (Å²) in [5, 5.41) is 9.78. The Labute approximate surface area is 315 Å². The van der Waals surface area contributed by atoms with Crippen molar-refractivity contribution in [2.75, 3.05) is 9.80 Å². The van der Waals surface area contributed by atoms with Gasteiger partial charge in [-0.25, -0.2) is 0 Å². The van der Waals surface area contributed by atoms with Gasteiger partial charge in [0.05, 0.1) is 11.4 Å². The van der Waals surface area contributed by atoms with Crippen LogP contribution in [0.25, 0.3) is 54.2 Å². The number of fused-ring (bicyclic) bond motifs is 4. The quantitative estimate of drug-likeness (QED) is 0.154. The minimum absolute atomic E-state index is 1.11. The average molecular weight is 689 g/mol. The first-order valence-corrected chi connectivity index (χ1v) is 18.5. The summed E-state index contributed by atoms with van der Waals surface area (Å²) in [5.41, 5.74) is 9.14. The lowest BCUT2D eigenvalue weighted by Gasteiger charge is -2.29. The molecule has 54 heavy (non-hydrogen) atoms. The van der Waals surface area contributed by atoms with E-state index < -0.39 is 0 Å². The van der Waals surface area contributed by atoms with Gasteiger partial charge >= 0.3 is 0 Å². The smallest absolute Gasteiger partial charge is 0.0618 e. The molecule has 0 atom stereocenters. The van der Waals surface area contributed by atoms with Gasteiger partial charge in [-0.3, -0.25) is 0 Å². The molecule has 0 bridgehead atoms. The van der Waals surface area contributed by atoms with E-state index in [-0.39, 0.29) is 0 Å². The molecule has 0 aliphatic rings. The Balaban J connectivity index is 1.12. The Morgan fingerprint density at radius 1 is 0.222 bits per heavy atom. The van der Waals surface area contributed by atoms with E-state index in [9.17, 15) is 0 Å². The van der Waals surface area contributed by atoms with Crippen molar-refractivity contribution in [1.82, 2.24) is 0 Å². The molecule has 0 fully saturated rings. The van der Waals surface area contributed by atoms with Crippen LogP contribution < -0.4 is 9.80 Å². The molecule has 0 amide bonds. The zero-order valence-electron chi connectivity index (χ0n) is 29.7. The van der Waals surface area contributed by atoms with E-state index in [1.165, 1.54) is 54.5 Å². The van der Waals surface area contributed by atoms with Crippen molar-refractivity contribution in [1.29, 1.82) is 0 Å². The van der Waals surface area contributed by atoms with E-state index >= 15 is 0 Å². The highest BCUT2D eigenvalue weighted by atomic mass is 15.2. The van der Waals surface area contributed by atoms with Gasteiger partial charge in [0.2, 0.25) is 0 Å². The highest BCUT2D eigenvalue weighted by Crippen LogP contribution is 2.46. The van der Waals surface area contributed by atoms with Gasteiger partial charge in [-0.15, -0.1) is 0 Å². The summed E-state index contributed by atoms with van der Waals surface area (Å²) in [6, 6.07) is 78.9. The van der Waals surface area contributed by atoms with Gasteiger partial charge in [0, 0.05) is 44.3 Å². The number of hydrogen-bond donors (Lipinski definition) is 0. The van der Waals surface area contributed by atoms with Crippen LogP contribution in [0.3, 0.4) is 0 Å². The van der Waals surface area contributed by atoms with E-state index in [1.54, 1.807) is 0 Å². The molecule has 10 aromatic rings. The van der Waals surface area contributed by atoms with Crippen LogP contribution in [0.4, 0.5) is 34.1 Å². The van der Waals surface area contributed by atoms with Gasteiger partial charge < -0.3 is 9.80 Å². The highest BCUT2D eigenvalue weighted by Gasteiger charge is 2.21. The summed E-state index contributed by atoms with van der Waals surface area (Å²) in [4.78, 5) is 4.83. The normalized spacial score (nSPS) is 11.3. The molecule has 254 valence electrons. The lowest BCUT2D eigenvalue weighted by Crippen LogP contribution is -2.11. The summed E-state index contributed by atoms with van der Waals surface area (Å²) in [7, 11) is 0. The van der Waals surface area contributed by atoms with Crippen LogP contribution in [0.1, 0.15) is 0 Å². The second-order valence-corrected chi connectivity index (χ2v) is 13.8. The summed E-state index contributed by atoms with van der Waals surface area (Å²) in [5.74, 6) is 0. The Morgan fingerprint density at radius 2 is 0.574 bits per heavy atom. The molecule has 0 aliphatic carbocycles. The predicted molar refractivity (Wildman–Crippen MR) is 231 cm³/mol. The summed E-state index contributed by atoms with van der Waals surface area (Å²) < 4.78 is 0. The zero-order valence-corrected chi connectivity index (χ0v) is 29.7. The Morgan fingerprint density at radius 3 is 1.02 bits per heavy atom. The van der Waals surface area contributed by atoms with Crippen LogP contribution in [0.2, 0.25) is 0 Å². The maximum Gasteiger partial charge on any atom is 0.0618 e. The van der Waals surface area contributed by atoms with Crippen LogP contribution in [0, 0.1) is 0 Å². The molecule has 10 rings (SSSR count). The maximum atomic E-state index is 2.42. The number of hydrogen-bond acceptors (Lipinski definition) is 2. The third-order valence-corrected chi connectivity index (χ3v) is 10.5. The molecule has 0 heterocycles. The first-order chi connectivity index (χ1) is 26.8. The SMILES string of the molecule is c1ccc(N(c2ccc(-c3cccc(N(c4ccccc4)c4c5ccccc5cc5ccccc45)c3)cc2)c2c3ccccc3cc3ccccc23)cc1. The number of nitrogens with zero attached hydrogens (tertiary/aromatic N) is 2. The Kier molecular flexibility index (Phi) is 7.85. The Hall–Kier alpha value is -7.16. The lowest BCUT2D eigenvalue weighted by atomic mass is 9.98. The van der Waals surface area contributed by atoms with Crippen molar-refractivity contribution in [3.05, 3.63) is 218 Å². The molecule has 2 nitrogen and oxygen atoms in total. The van der Waals surface area contributed by atoms with E-state index in [0.29, 0.717) is 0 Å². The van der Waals surface area contributed by atoms with Gasteiger partial charge in [0.15, 0.2) is 0 Å². The van der Waals surface area contributed by atoms with Gasteiger partial charge in [0.25, 0.3) is 0 Å². The monoisotopic (exact) mass is 688 g/mol. The molecule has 0 radical (unpaired) electrons. The van der Waals surface area contributed by atoms with E-state index in [4.69, 9.17) is 0 Å². The van der Waals surface area contributed by atoms with E-state index in [0.717, 1.165) is 33.9 Å². The van der Waals surface area contributed by atoms with Crippen LogP contribution >= 0.6 is 0 Å². The van der Waals surface area contributed by atoms with Crippen molar-refractivity contribution in [3.8, 4) is 11.1 Å². The predicted octanol–water partition coefficient (Wildman–Crippen LogP) is 14.9. The molecule has 0 saturated heterocycles. The van der Waals surface area contributed by atoms with Crippen molar-refractivity contribution in [2.24, 2.45) is 0 Å². The number of rotatable bonds is 7. The minimum atomic E-state index is 1.11. The molecule has 0 spiro atoms. The molecule has 0 aromatic heterocycles. The molecule has 0 aliphatic heterocycles. The number of anilines is 6. The standard InChI is InChI=1S/C52H36N2/c1-3-21-43(22-4-1)53(51-47-26-11-7-16-39(47)34-40-17-8-12-27-48(40)51)45-32-30-37(31-33-45)38-20-15-25-46(36-38)54(44-23-5-2-6-24-44)52-49-28-13-9-18-41(49)35-42-19-10-14-29-50(42)52/h1-36H. The molecule has 2 heteroatoms. The maximum absolute atomic E-state index is 2.42. The van der Waals surface area contributed by atoms with Gasteiger partial charge in [-0.05, 0) is 93.3 Å². The average Bonchev–Trinajstić information content (AvgIpc) is 3.24. The van der Waals surface area contributed by atoms with Crippen molar-refractivity contribution in [2.45, 2.75) is 0 Å². The Bertz CT molecular complexity index is 2830. The fraction of sp³-hybridized carbons (Fsp3) is 0. The van der Waals surface area contributed by atoms with Crippen LogP contribution in [0.5, 0.6) is 0 Å². The fourth-order valence-corrected chi connectivity index (χ4v) is 8.06. The molecular weight excluding hydrogens is 653 g/mol.